The fourth-order valence-corrected chi connectivity index (χ4v) is 2.27. The predicted octanol–water partition coefficient (Wildman–Crippen LogP) is 4.60. The van der Waals surface area contributed by atoms with E-state index in [0.717, 1.165) is 0 Å². The Bertz CT molecular complexity index is 656. The van der Waals surface area contributed by atoms with Gasteiger partial charge in [-0.2, -0.15) is 5.26 Å². The molecular formula is C13H7BrCl2N2O. The van der Waals surface area contributed by atoms with E-state index in [1.165, 1.54) is 0 Å². The van der Waals surface area contributed by atoms with E-state index in [2.05, 4.69) is 20.9 Å². The van der Waals surface area contributed by atoms with Crippen molar-refractivity contribution in [1.82, 2.24) is 4.98 Å². The minimum atomic E-state index is 0.203. The van der Waals surface area contributed by atoms with Crippen molar-refractivity contribution in [1.29, 1.82) is 5.26 Å². The average molecular weight is 358 g/mol. The summed E-state index contributed by atoms with van der Waals surface area (Å²) in [6.45, 7) is 0.203. The topological polar surface area (TPSA) is 45.9 Å². The highest BCUT2D eigenvalue weighted by Crippen LogP contribution is 2.34. The van der Waals surface area contributed by atoms with Crippen LogP contribution in [0.5, 0.6) is 5.75 Å². The number of halogens is 3. The van der Waals surface area contributed by atoms with Crippen molar-refractivity contribution in [2.24, 2.45) is 0 Å². The summed E-state index contributed by atoms with van der Waals surface area (Å²) in [5.41, 5.74) is 1.03. The Labute approximate surface area is 128 Å². The second-order valence-electron chi connectivity index (χ2n) is 3.61. The Morgan fingerprint density at radius 2 is 2.11 bits per heavy atom. The van der Waals surface area contributed by atoms with Gasteiger partial charge < -0.3 is 4.74 Å². The molecule has 1 aromatic carbocycles. The maximum absolute atomic E-state index is 8.93. The van der Waals surface area contributed by atoms with Gasteiger partial charge in [-0.25, -0.2) is 4.98 Å². The normalized spacial score (nSPS) is 10.0. The van der Waals surface area contributed by atoms with E-state index in [9.17, 15) is 0 Å². The van der Waals surface area contributed by atoms with Crippen LogP contribution in [0.1, 0.15) is 11.3 Å². The number of nitriles is 1. The van der Waals surface area contributed by atoms with E-state index in [0.29, 0.717) is 31.5 Å². The summed E-state index contributed by atoms with van der Waals surface area (Å²) in [7, 11) is 0. The van der Waals surface area contributed by atoms with Crippen LogP contribution >= 0.6 is 39.1 Å². The molecule has 0 amide bonds. The minimum Gasteiger partial charge on any atom is -0.487 e. The first-order chi connectivity index (χ1) is 9.11. The van der Waals surface area contributed by atoms with Crippen molar-refractivity contribution in [3.05, 3.63) is 56.2 Å². The van der Waals surface area contributed by atoms with Gasteiger partial charge in [-0.15, -0.1) is 0 Å². The number of pyridine rings is 1. The van der Waals surface area contributed by atoms with Crippen molar-refractivity contribution in [3.8, 4) is 11.8 Å². The van der Waals surface area contributed by atoms with Crippen LogP contribution in [0.15, 0.2) is 34.9 Å². The minimum absolute atomic E-state index is 0.203. The van der Waals surface area contributed by atoms with Crippen LogP contribution in [0.25, 0.3) is 0 Å². The highest BCUT2D eigenvalue weighted by molar-refractivity contribution is 9.10. The summed E-state index contributed by atoms with van der Waals surface area (Å²) in [4.78, 5) is 3.96. The molecule has 0 aliphatic rings. The summed E-state index contributed by atoms with van der Waals surface area (Å²) in [5, 5.41) is 9.88. The van der Waals surface area contributed by atoms with Gasteiger partial charge in [0.1, 0.15) is 24.1 Å². The average Bonchev–Trinajstić information content (AvgIpc) is 2.41. The van der Waals surface area contributed by atoms with Gasteiger partial charge in [0.15, 0.2) is 0 Å². The molecule has 0 saturated heterocycles. The molecule has 2 aromatic rings. The lowest BCUT2D eigenvalue weighted by Crippen LogP contribution is -2.00. The highest BCUT2D eigenvalue weighted by Gasteiger charge is 2.09. The third-order valence-corrected chi connectivity index (χ3v) is 3.85. The molecule has 0 aliphatic carbocycles. The number of hydrogen-bond donors (Lipinski definition) is 0. The molecule has 0 radical (unpaired) electrons. The molecule has 96 valence electrons. The van der Waals surface area contributed by atoms with Gasteiger partial charge in [-0.05, 0) is 28.1 Å². The zero-order chi connectivity index (χ0) is 13.8. The van der Waals surface area contributed by atoms with Crippen molar-refractivity contribution >= 4 is 39.1 Å². The van der Waals surface area contributed by atoms with Gasteiger partial charge in [-0.1, -0.05) is 29.3 Å². The Morgan fingerprint density at radius 3 is 2.84 bits per heavy atom. The Kier molecular flexibility index (Phi) is 4.65. The van der Waals surface area contributed by atoms with E-state index in [1.807, 2.05) is 6.07 Å². The van der Waals surface area contributed by atoms with Gasteiger partial charge in [0.25, 0.3) is 0 Å². The van der Waals surface area contributed by atoms with Crippen LogP contribution in [-0.4, -0.2) is 4.98 Å². The molecule has 3 nitrogen and oxygen atoms in total. The number of hydrogen-bond acceptors (Lipinski definition) is 3. The highest BCUT2D eigenvalue weighted by atomic mass is 79.9. The third-order valence-electron chi connectivity index (χ3n) is 2.36. The van der Waals surface area contributed by atoms with E-state index in [4.69, 9.17) is 33.2 Å². The molecule has 2 rings (SSSR count). The lowest BCUT2D eigenvalue weighted by molar-refractivity contribution is 0.305. The fraction of sp³-hybridized carbons (Fsp3) is 0.0769. The van der Waals surface area contributed by atoms with Crippen molar-refractivity contribution in [2.75, 3.05) is 0 Å². The van der Waals surface area contributed by atoms with E-state index in [1.54, 1.807) is 30.5 Å². The van der Waals surface area contributed by atoms with E-state index < -0.39 is 0 Å². The first kappa shape index (κ1) is 14.1. The Morgan fingerprint density at radius 1 is 1.32 bits per heavy atom. The molecule has 0 fully saturated rings. The number of aromatic nitrogens is 1. The summed E-state index contributed by atoms with van der Waals surface area (Å²) < 4.78 is 6.27. The second kappa shape index (κ2) is 6.25. The maximum atomic E-state index is 8.93. The molecule has 6 heteroatoms. The predicted molar refractivity (Wildman–Crippen MR) is 77.4 cm³/mol. The Hall–Kier alpha value is -1.28. The van der Waals surface area contributed by atoms with Crippen LogP contribution in [-0.2, 0) is 6.61 Å². The quantitative estimate of drug-likeness (QED) is 0.754. The molecular weight excluding hydrogens is 351 g/mol. The standard InChI is InChI=1S/C13H7BrCl2N2O/c14-9-4-11(16)13(5-10(9)15)19-7-8-2-1-3-18-12(8)6-17/h1-5H,7H2. The SMILES string of the molecule is N#Cc1ncccc1COc1cc(Cl)c(Br)cc1Cl. The summed E-state index contributed by atoms with van der Waals surface area (Å²) in [6, 6.07) is 8.81. The third kappa shape index (κ3) is 3.38. The smallest absolute Gasteiger partial charge is 0.147 e. The first-order valence-electron chi connectivity index (χ1n) is 5.23. The summed E-state index contributed by atoms with van der Waals surface area (Å²) in [6.07, 6.45) is 1.56. The van der Waals surface area contributed by atoms with Crippen LogP contribution in [0.3, 0.4) is 0 Å². The lowest BCUT2D eigenvalue weighted by Gasteiger charge is -2.10. The molecule has 0 bridgehead atoms. The zero-order valence-electron chi connectivity index (χ0n) is 9.53. The van der Waals surface area contributed by atoms with Crippen LogP contribution in [0.2, 0.25) is 10.0 Å². The monoisotopic (exact) mass is 356 g/mol. The largest absolute Gasteiger partial charge is 0.487 e. The Balaban J connectivity index is 2.20. The summed E-state index contributed by atoms with van der Waals surface area (Å²) >= 11 is 15.3. The molecule has 19 heavy (non-hydrogen) atoms. The van der Waals surface area contributed by atoms with Crippen molar-refractivity contribution < 1.29 is 4.74 Å². The number of nitrogens with zero attached hydrogens (tertiary/aromatic N) is 2. The van der Waals surface area contributed by atoms with Crippen LogP contribution in [0.4, 0.5) is 0 Å². The molecule has 0 spiro atoms. The number of benzene rings is 1. The first-order valence-corrected chi connectivity index (χ1v) is 6.78. The van der Waals surface area contributed by atoms with Crippen LogP contribution < -0.4 is 4.74 Å². The molecule has 0 saturated carbocycles. The van der Waals surface area contributed by atoms with E-state index >= 15 is 0 Å². The van der Waals surface area contributed by atoms with Crippen molar-refractivity contribution in [2.45, 2.75) is 6.61 Å². The molecule has 1 aromatic heterocycles. The fourth-order valence-electron chi connectivity index (χ4n) is 1.43. The van der Waals surface area contributed by atoms with E-state index in [-0.39, 0.29) is 6.61 Å². The van der Waals surface area contributed by atoms with Gasteiger partial charge >= 0.3 is 0 Å². The van der Waals surface area contributed by atoms with Gasteiger partial charge in [-0.3, -0.25) is 0 Å². The molecule has 0 aliphatic heterocycles. The van der Waals surface area contributed by atoms with Crippen molar-refractivity contribution in [3.63, 3.8) is 0 Å². The lowest BCUT2D eigenvalue weighted by atomic mass is 10.2. The van der Waals surface area contributed by atoms with Crippen LogP contribution in [0, 0.1) is 11.3 Å². The second-order valence-corrected chi connectivity index (χ2v) is 5.28. The summed E-state index contributed by atoms with van der Waals surface area (Å²) in [5.74, 6) is 0.461. The molecule has 0 N–H and O–H groups in total. The molecule has 0 atom stereocenters. The number of ether oxygens (including phenoxy) is 1. The van der Waals surface area contributed by atoms with Gasteiger partial charge in [0.05, 0.1) is 10.0 Å². The maximum Gasteiger partial charge on any atom is 0.147 e. The molecule has 0 unspecified atom stereocenters. The molecule has 1 heterocycles. The zero-order valence-corrected chi connectivity index (χ0v) is 12.6. The van der Waals surface area contributed by atoms with Gasteiger partial charge in [0, 0.05) is 22.3 Å². The number of rotatable bonds is 3. The van der Waals surface area contributed by atoms with Gasteiger partial charge in [0.2, 0.25) is 0 Å².